The van der Waals surface area contributed by atoms with Crippen molar-refractivity contribution < 1.29 is 14.2 Å². The van der Waals surface area contributed by atoms with E-state index in [0.717, 1.165) is 6.61 Å². The topological polar surface area (TPSA) is 27.7 Å². The lowest BCUT2D eigenvalue weighted by Gasteiger charge is -2.03. The van der Waals surface area contributed by atoms with Gasteiger partial charge in [-0.25, -0.2) is 0 Å². The zero-order chi connectivity index (χ0) is 8.36. The second-order valence-corrected chi connectivity index (χ2v) is 1.85. The van der Waals surface area contributed by atoms with E-state index in [-0.39, 0.29) is 0 Å². The first-order valence-corrected chi connectivity index (χ1v) is 3.79. The number of rotatable bonds is 8. The van der Waals surface area contributed by atoms with Gasteiger partial charge in [-0.05, 0) is 6.92 Å². The van der Waals surface area contributed by atoms with E-state index < -0.39 is 0 Å². The molecule has 11 heavy (non-hydrogen) atoms. The van der Waals surface area contributed by atoms with Crippen molar-refractivity contribution in [2.24, 2.45) is 0 Å². The van der Waals surface area contributed by atoms with Crippen LogP contribution in [0.4, 0.5) is 0 Å². The molecular formula is C8H16O3. The van der Waals surface area contributed by atoms with Crippen molar-refractivity contribution in [1.29, 1.82) is 0 Å². The SMILES string of the molecule is C=COCCOCCOCC. The number of hydrogen-bond donors (Lipinski definition) is 0. The quantitative estimate of drug-likeness (QED) is 0.394. The van der Waals surface area contributed by atoms with Gasteiger partial charge in [-0.3, -0.25) is 0 Å². The molecule has 0 atom stereocenters. The van der Waals surface area contributed by atoms with Gasteiger partial charge in [0.1, 0.15) is 6.61 Å². The molecule has 0 spiro atoms. The van der Waals surface area contributed by atoms with Gasteiger partial charge in [0, 0.05) is 6.61 Å². The van der Waals surface area contributed by atoms with E-state index in [9.17, 15) is 0 Å². The van der Waals surface area contributed by atoms with E-state index in [1.54, 1.807) is 0 Å². The molecule has 0 heterocycles. The van der Waals surface area contributed by atoms with Crippen molar-refractivity contribution in [3.05, 3.63) is 12.8 Å². The van der Waals surface area contributed by atoms with Crippen LogP contribution in [0.1, 0.15) is 6.92 Å². The third-order valence-corrected chi connectivity index (χ3v) is 1.04. The molecule has 0 radical (unpaired) electrons. The minimum absolute atomic E-state index is 0.565. The van der Waals surface area contributed by atoms with Crippen LogP contribution in [0.15, 0.2) is 12.8 Å². The van der Waals surface area contributed by atoms with Crippen LogP contribution in [0.2, 0.25) is 0 Å². The van der Waals surface area contributed by atoms with Gasteiger partial charge >= 0.3 is 0 Å². The summed E-state index contributed by atoms with van der Waals surface area (Å²) in [6.45, 7) is 8.56. The summed E-state index contributed by atoms with van der Waals surface area (Å²) in [5.74, 6) is 0. The Hall–Kier alpha value is -0.540. The third kappa shape index (κ3) is 9.46. The van der Waals surface area contributed by atoms with Crippen molar-refractivity contribution in [3.63, 3.8) is 0 Å². The molecule has 0 N–H and O–H groups in total. The zero-order valence-corrected chi connectivity index (χ0v) is 7.04. The summed E-state index contributed by atoms with van der Waals surface area (Å²) in [6.07, 6.45) is 1.41. The molecular weight excluding hydrogens is 144 g/mol. The summed E-state index contributed by atoms with van der Waals surface area (Å²) >= 11 is 0. The Morgan fingerprint density at radius 2 is 1.73 bits per heavy atom. The molecule has 0 aliphatic rings. The first-order valence-electron chi connectivity index (χ1n) is 3.79. The largest absolute Gasteiger partial charge is 0.499 e. The second-order valence-electron chi connectivity index (χ2n) is 1.85. The lowest BCUT2D eigenvalue weighted by Crippen LogP contribution is -2.07. The molecule has 0 unspecified atom stereocenters. The summed E-state index contributed by atoms with van der Waals surface area (Å²) < 4.78 is 15.0. The van der Waals surface area contributed by atoms with Gasteiger partial charge in [-0.15, -0.1) is 0 Å². The van der Waals surface area contributed by atoms with Crippen LogP contribution in [0.5, 0.6) is 0 Å². The molecule has 0 saturated carbocycles. The molecule has 0 rings (SSSR count). The van der Waals surface area contributed by atoms with Crippen LogP contribution < -0.4 is 0 Å². The molecule has 0 aliphatic carbocycles. The third-order valence-electron chi connectivity index (χ3n) is 1.04. The minimum Gasteiger partial charge on any atom is -0.499 e. The van der Waals surface area contributed by atoms with Gasteiger partial charge in [0.2, 0.25) is 0 Å². The van der Waals surface area contributed by atoms with Crippen molar-refractivity contribution >= 4 is 0 Å². The van der Waals surface area contributed by atoms with Gasteiger partial charge in [0.25, 0.3) is 0 Å². The fourth-order valence-corrected chi connectivity index (χ4v) is 0.555. The van der Waals surface area contributed by atoms with E-state index in [2.05, 4.69) is 6.58 Å². The highest BCUT2D eigenvalue weighted by Gasteiger charge is 1.86. The molecule has 0 fully saturated rings. The van der Waals surface area contributed by atoms with Crippen LogP contribution in [-0.4, -0.2) is 33.0 Å². The maximum Gasteiger partial charge on any atom is 0.111 e. The Morgan fingerprint density at radius 1 is 1.09 bits per heavy atom. The monoisotopic (exact) mass is 160 g/mol. The Kier molecular flexibility index (Phi) is 9.00. The van der Waals surface area contributed by atoms with Crippen LogP contribution in [0.25, 0.3) is 0 Å². The molecule has 0 amide bonds. The molecule has 0 bridgehead atoms. The molecule has 0 aromatic heterocycles. The lowest BCUT2D eigenvalue weighted by atomic mass is 10.7. The number of ether oxygens (including phenoxy) is 3. The summed E-state index contributed by atoms with van der Waals surface area (Å²) in [5, 5.41) is 0. The Bertz CT molecular complexity index is 83.4. The normalized spacial score (nSPS) is 9.55. The predicted molar refractivity (Wildman–Crippen MR) is 43.5 cm³/mol. The minimum atomic E-state index is 0.565. The second kappa shape index (κ2) is 9.46. The summed E-state index contributed by atoms with van der Waals surface area (Å²) in [6, 6.07) is 0. The van der Waals surface area contributed by atoms with Crippen molar-refractivity contribution in [3.8, 4) is 0 Å². The smallest absolute Gasteiger partial charge is 0.111 e. The first-order chi connectivity index (χ1) is 5.41. The van der Waals surface area contributed by atoms with E-state index >= 15 is 0 Å². The summed E-state index contributed by atoms with van der Waals surface area (Å²) in [5.41, 5.74) is 0. The van der Waals surface area contributed by atoms with E-state index in [4.69, 9.17) is 14.2 Å². The van der Waals surface area contributed by atoms with Crippen LogP contribution >= 0.6 is 0 Å². The van der Waals surface area contributed by atoms with Gasteiger partial charge in [0.15, 0.2) is 0 Å². The van der Waals surface area contributed by atoms with E-state index in [1.807, 2.05) is 6.92 Å². The molecule has 3 heteroatoms. The molecule has 3 nitrogen and oxygen atoms in total. The first kappa shape index (κ1) is 10.5. The summed E-state index contributed by atoms with van der Waals surface area (Å²) in [4.78, 5) is 0. The fraction of sp³-hybridized carbons (Fsp3) is 0.750. The van der Waals surface area contributed by atoms with Crippen molar-refractivity contribution in [1.82, 2.24) is 0 Å². The van der Waals surface area contributed by atoms with Gasteiger partial charge in [-0.2, -0.15) is 0 Å². The Balaban J connectivity index is 2.74. The average Bonchev–Trinajstić information content (AvgIpc) is 2.03. The molecule has 0 aromatic rings. The van der Waals surface area contributed by atoms with Crippen molar-refractivity contribution in [2.45, 2.75) is 6.92 Å². The highest BCUT2D eigenvalue weighted by atomic mass is 16.5. The number of hydrogen-bond acceptors (Lipinski definition) is 3. The maximum absolute atomic E-state index is 5.14. The van der Waals surface area contributed by atoms with Gasteiger partial charge < -0.3 is 14.2 Å². The van der Waals surface area contributed by atoms with Crippen LogP contribution in [0, 0.1) is 0 Å². The standard InChI is InChI=1S/C8H16O3/c1-3-9-5-7-11-8-6-10-4-2/h3H,1,4-8H2,2H3. The van der Waals surface area contributed by atoms with Crippen molar-refractivity contribution in [2.75, 3.05) is 33.0 Å². The predicted octanol–water partition coefficient (Wildman–Crippen LogP) is 1.20. The molecule has 0 aliphatic heterocycles. The molecule has 0 saturated heterocycles. The maximum atomic E-state index is 5.14. The van der Waals surface area contributed by atoms with E-state index in [1.165, 1.54) is 6.26 Å². The average molecular weight is 160 g/mol. The fourth-order valence-electron chi connectivity index (χ4n) is 0.555. The highest BCUT2D eigenvalue weighted by Crippen LogP contribution is 1.79. The molecule has 66 valence electrons. The highest BCUT2D eigenvalue weighted by molar-refractivity contribution is 4.47. The lowest BCUT2D eigenvalue weighted by molar-refractivity contribution is 0.0343. The van der Waals surface area contributed by atoms with Crippen LogP contribution in [-0.2, 0) is 14.2 Å². The molecule has 0 aromatic carbocycles. The zero-order valence-electron chi connectivity index (χ0n) is 7.04. The van der Waals surface area contributed by atoms with Gasteiger partial charge in [-0.1, -0.05) is 6.58 Å². The van der Waals surface area contributed by atoms with E-state index in [0.29, 0.717) is 26.4 Å². The summed E-state index contributed by atoms with van der Waals surface area (Å²) in [7, 11) is 0. The van der Waals surface area contributed by atoms with Crippen LogP contribution in [0.3, 0.4) is 0 Å². The Morgan fingerprint density at radius 3 is 2.36 bits per heavy atom. The van der Waals surface area contributed by atoms with Gasteiger partial charge in [0.05, 0.1) is 26.1 Å². The Labute approximate surface area is 67.9 Å².